The van der Waals surface area contributed by atoms with Crippen molar-refractivity contribution in [2.24, 2.45) is 11.3 Å². The summed E-state index contributed by atoms with van der Waals surface area (Å²) < 4.78 is 0. The maximum absolute atomic E-state index is 10.8. The SMILES string of the molecule is CCC1CNCCC1(O)C(C)(C#N)CC. The molecule has 1 saturated heterocycles. The van der Waals surface area contributed by atoms with E-state index >= 15 is 0 Å². The molecular formula is C12H22N2O. The summed E-state index contributed by atoms with van der Waals surface area (Å²) in [6, 6.07) is 2.32. The largest absolute Gasteiger partial charge is 0.388 e. The molecule has 1 rings (SSSR count). The van der Waals surface area contributed by atoms with Crippen molar-refractivity contribution in [3.05, 3.63) is 0 Å². The van der Waals surface area contributed by atoms with Crippen LogP contribution < -0.4 is 5.32 Å². The molecule has 0 aromatic heterocycles. The minimum Gasteiger partial charge on any atom is -0.388 e. The van der Waals surface area contributed by atoms with E-state index in [0.29, 0.717) is 12.8 Å². The van der Waals surface area contributed by atoms with E-state index in [1.54, 1.807) is 0 Å². The molecule has 0 aromatic carbocycles. The van der Waals surface area contributed by atoms with Crippen LogP contribution in [0, 0.1) is 22.7 Å². The fourth-order valence-corrected chi connectivity index (χ4v) is 2.62. The van der Waals surface area contributed by atoms with Gasteiger partial charge < -0.3 is 10.4 Å². The molecule has 0 amide bonds. The van der Waals surface area contributed by atoms with Crippen LogP contribution in [0.3, 0.4) is 0 Å². The monoisotopic (exact) mass is 210 g/mol. The molecule has 0 radical (unpaired) electrons. The van der Waals surface area contributed by atoms with E-state index in [9.17, 15) is 10.4 Å². The molecule has 15 heavy (non-hydrogen) atoms. The number of nitrogens with one attached hydrogen (secondary N) is 1. The molecule has 0 aromatic rings. The second-order valence-corrected chi connectivity index (χ2v) is 4.78. The van der Waals surface area contributed by atoms with Gasteiger partial charge in [0.15, 0.2) is 0 Å². The highest BCUT2D eigenvalue weighted by atomic mass is 16.3. The molecule has 3 unspecified atom stereocenters. The molecule has 1 aliphatic rings. The van der Waals surface area contributed by atoms with Crippen molar-refractivity contribution in [2.45, 2.75) is 45.6 Å². The highest BCUT2D eigenvalue weighted by Gasteiger charge is 2.51. The van der Waals surface area contributed by atoms with Crippen molar-refractivity contribution in [3.63, 3.8) is 0 Å². The molecule has 2 N–H and O–H groups in total. The van der Waals surface area contributed by atoms with Crippen molar-refractivity contribution in [3.8, 4) is 6.07 Å². The molecule has 3 atom stereocenters. The molecule has 86 valence electrons. The zero-order valence-corrected chi connectivity index (χ0v) is 10.0. The Hall–Kier alpha value is -0.590. The number of aliphatic hydroxyl groups is 1. The van der Waals surface area contributed by atoms with Crippen LogP contribution in [0.1, 0.15) is 40.0 Å². The van der Waals surface area contributed by atoms with Crippen LogP contribution in [-0.4, -0.2) is 23.8 Å². The van der Waals surface area contributed by atoms with Gasteiger partial charge in [-0.3, -0.25) is 0 Å². The van der Waals surface area contributed by atoms with Crippen molar-refractivity contribution >= 4 is 0 Å². The van der Waals surface area contributed by atoms with Crippen LogP contribution in [0.5, 0.6) is 0 Å². The topological polar surface area (TPSA) is 56.0 Å². The Morgan fingerprint density at radius 3 is 2.73 bits per heavy atom. The number of hydrogen-bond acceptors (Lipinski definition) is 3. The summed E-state index contributed by atoms with van der Waals surface area (Å²) in [6.07, 6.45) is 2.31. The number of nitriles is 1. The van der Waals surface area contributed by atoms with Gasteiger partial charge >= 0.3 is 0 Å². The molecule has 1 fully saturated rings. The summed E-state index contributed by atoms with van der Waals surface area (Å²) in [5.41, 5.74) is -1.44. The predicted molar refractivity (Wildman–Crippen MR) is 60.2 cm³/mol. The first kappa shape index (κ1) is 12.5. The van der Waals surface area contributed by atoms with E-state index in [2.05, 4.69) is 18.3 Å². The summed E-state index contributed by atoms with van der Waals surface area (Å²) in [5.74, 6) is 0.191. The average molecular weight is 210 g/mol. The third-order valence-corrected chi connectivity index (χ3v) is 4.15. The normalized spacial score (nSPS) is 35.5. The van der Waals surface area contributed by atoms with Crippen molar-refractivity contribution in [1.29, 1.82) is 5.26 Å². The molecule has 1 heterocycles. The van der Waals surface area contributed by atoms with E-state index in [-0.39, 0.29) is 5.92 Å². The Labute approximate surface area is 92.5 Å². The second-order valence-electron chi connectivity index (χ2n) is 4.78. The summed E-state index contributed by atoms with van der Waals surface area (Å²) in [7, 11) is 0. The Morgan fingerprint density at radius 1 is 1.60 bits per heavy atom. The van der Waals surface area contributed by atoms with Gasteiger partial charge in [-0.2, -0.15) is 5.26 Å². The lowest BCUT2D eigenvalue weighted by molar-refractivity contribution is -0.114. The van der Waals surface area contributed by atoms with Crippen LogP contribution in [-0.2, 0) is 0 Å². The minimum atomic E-state index is -0.823. The summed E-state index contributed by atoms with van der Waals surface area (Å²) in [5, 5.41) is 23.4. The molecule has 0 saturated carbocycles. The quantitative estimate of drug-likeness (QED) is 0.745. The lowest BCUT2D eigenvalue weighted by Gasteiger charge is -2.48. The Balaban J connectivity index is 3.00. The maximum Gasteiger partial charge on any atom is 0.0882 e. The van der Waals surface area contributed by atoms with Crippen molar-refractivity contribution in [1.82, 2.24) is 5.32 Å². The third-order valence-electron chi connectivity index (χ3n) is 4.15. The van der Waals surface area contributed by atoms with E-state index in [1.165, 1.54) is 0 Å². The first-order chi connectivity index (χ1) is 7.04. The van der Waals surface area contributed by atoms with Crippen LogP contribution in [0.15, 0.2) is 0 Å². The number of piperidine rings is 1. The van der Waals surface area contributed by atoms with Crippen LogP contribution >= 0.6 is 0 Å². The number of rotatable bonds is 3. The van der Waals surface area contributed by atoms with E-state index < -0.39 is 11.0 Å². The van der Waals surface area contributed by atoms with Gasteiger partial charge in [-0.25, -0.2) is 0 Å². The van der Waals surface area contributed by atoms with E-state index in [0.717, 1.165) is 19.5 Å². The van der Waals surface area contributed by atoms with E-state index in [4.69, 9.17) is 0 Å². The smallest absolute Gasteiger partial charge is 0.0882 e. The van der Waals surface area contributed by atoms with Crippen molar-refractivity contribution in [2.75, 3.05) is 13.1 Å². The lowest BCUT2D eigenvalue weighted by atomic mass is 9.62. The number of hydrogen-bond donors (Lipinski definition) is 2. The highest BCUT2D eigenvalue weighted by Crippen LogP contribution is 2.44. The number of nitrogens with zero attached hydrogens (tertiary/aromatic N) is 1. The molecule has 0 spiro atoms. The molecule has 3 nitrogen and oxygen atoms in total. The van der Waals surface area contributed by atoms with Crippen molar-refractivity contribution < 1.29 is 5.11 Å². The fraction of sp³-hybridized carbons (Fsp3) is 0.917. The zero-order chi connectivity index (χ0) is 11.5. The zero-order valence-electron chi connectivity index (χ0n) is 10.0. The highest BCUT2D eigenvalue weighted by molar-refractivity contribution is 5.12. The molecule has 1 aliphatic heterocycles. The first-order valence-corrected chi connectivity index (χ1v) is 5.88. The van der Waals surface area contributed by atoms with E-state index in [1.807, 2.05) is 13.8 Å². The van der Waals surface area contributed by atoms with Gasteiger partial charge in [0.25, 0.3) is 0 Å². The Kier molecular flexibility index (Phi) is 3.75. The summed E-state index contributed by atoms with van der Waals surface area (Å²) in [6.45, 7) is 7.58. The molecule has 0 aliphatic carbocycles. The first-order valence-electron chi connectivity index (χ1n) is 5.88. The average Bonchev–Trinajstić information content (AvgIpc) is 2.28. The van der Waals surface area contributed by atoms with Crippen LogP contribution in [0.25, 0.3) is 0 Å². The van der Waals surface area contributed by atoms with Gasteiger partial charge in [0.1, 0.15) is 0 Å². The van der Waals surface area contributed by atoms with Gasteiger partial charge in [-0.1, -0.05) is 13.8 Å². The van der Waals surface area contributed by atoms with Crippen LogP contribution in [0.2, 0.25) is 0 Å². The molecule has 0 bridgehead atoms. The van der Waals surface area contributed by atoms with Gasteiger partial charge in [0, 0.05) is 12.5 Å². The third kappa shape index (κ3) is 1.89. The summed E-state index contributed by atoms with van der Waals surface area (Å²) in [4.78, 5) is 0. The minimum absolute atomic E-state index is 0.191. The lowest BCUT2D eigenvalue weighted by Crippen LogP contribution is -2.58. The van der Waals surface area contributed by atoms with Gasteiger partial charge in [-0.15, -0.1) is 0 Å². The fourth-order valence-electron chi connectivity index (χ4n) is 2.62. The van der Waals surface area contributed by atoms with Gasteiger partial charge in [0.2, 0.25) is 0 Å². The molecule has 3 heteroatoms. The standard InChI is InChI=1S/C12H22N2O/c1-4-10-8-14-7-6-12(10,15)11(3,5-2)9-13/h10,14-15H,4-8H2,1-3H3. The van der Waals surface area contributed by atoms with Gasteiger partial charge in [-0.05, 0) is 32.7 Å². The maximum atomic E-state index is 10.8. The Bertz CT molecular complexity index is 261. The summed E-state index contributed by atoms with van der Waals surface area (Å²) >= 11 is 0. The molecular weight excluding hydrogens is 188 g/mol. The van der Waals surface area contributed by atoms with Gasteiger partial charge in [0.05, 0.1) is 17.1 Å². The van der Waals surface area contributed by atoms with Crippen LogP contribution in [0.4, 0.5) is 0 Å². The predicted octanol–water partition coefficient (Wildman–Crippen LogP) is 1.68. The second kappa shape index (κ2) is 4.51. The Morgan fingerprint density at radius 2 is 2.27 bits per heavy atom.